The van der Waals surface area contributed by atoms with Crippen molar-refractivity contribution in [1.29, 1.82) is 0 Å². The lowest BCUT2D eigenvalue weighted by atomic mass is 10.0. The number of benzene rings is 2. The number of thiophene rings is 1. The number of carbonyl (C=O) groups is 2. The van der Waals surface area contributed by atoms with Crippen molar-refractivity contribution in [1.82, 2.24) is 9.55 Å². The molecule has 0 bridgehead atoms. The molecule has 1 atom stereocenters. The SMILES string of the molecule is COC(=O)[C@H]1CN(C(=O)Cn2cnc3scc(-c4ccc(C)c(C)c4)c3c2=O)c2ccccc2O1. The van der Waals surface area contributed by atoms with E-state index in [1.165, 1.54) is 39.8 Å². The summed E-state index contributed by atoms with van der Waals surface area (Å²) >= 11 is 1.40. The molecule has 0 radical (unpaired) electrons. The molecule has 5 rings (SSSR count). The van der Waals surface area contributed by atoms with Crippen LogP contribution in [-0.2, 0) is 20.9 Å². The van der Waals surface area contributed by atoms with Gasteiger partial charge in [0.25, 0.3) is 5.56 Å². The summed E-state index contributed by atoms with van der Waals surface area (Å²) in [5.41, 5.74) is 4.29. The number of carbonyl (C=O) groups excluding carboxylic acids is 2. The highest BCUT2D eigenvalue weighted by molar-refractivity contribution is 7.17. The van der Waals surface area contributed by atoms with Gasteiger partial charge in [-0.3, -0.25) is 14.2 Å². The topological polar surface area (TPSA) is 90.7 Å². The van der Waals surface area contributed by atoms with Gasteiger partial charge in [0.2, 0.25) is 12.0 Å². The molecule has 0 aliphatic carbocycles. The van der Waals surface area contributed by atoms with Crippen molar-refractivity contribution in [2.75, 3.05) is 18.6 Å². The first-order valence-corrected chi connectivity index (χ1v) is 11.9. The minimum absolute atomic E-state index is 0.0146. The Labute approximate surface area is 205 Å². The van der Waals surface area contributed by atoms with Crippen LogP contribution in [0.5, 0.6) is 5.75 Å². The average molecular weight is 490 g/mol. The monoisotopic (exact) mass is 489 g/mol. The minimum Gasteiger partial charge on any atom is -0.475 e. The van der Waals surface area contributed by atoms with Gasteiger partial charge < -0.3 is 14.4 Å². The average Bonchev–Trinajstić information content (AvgIpc) is 3.31. The number of aromatic nitrogens is 2. The largest absolute Gasteiger partial charge is 0.475 e. The van der Waals surface area contributed by atoms with Gasteiger partial charge in [-0.15, -0.1) is 11.3 Å². The number of amides is 1. The summed E-state index contributed by atoms with van der Waals surface area (Å²) in [5.74, 6) is -0.534. The molecular formula is C26H23N3O5S. The smallest absolute Gasteiger partial charge is 0.348 e. The van der Waals surface area contributed by atoms with Crippen LogP contribution in [0.3, 0.4) is 0 Å². The first-order valence-electron chi connectivity index (χ1n) is 11.1. The Morgan fingerprint density at radius 2 is 1.97 bits per heavy atom. The lowest BCUT2D eigenvalue weighted by Gasteiger charge is -2.33. The van der Waals surface area contributed by atoms with Crippen LogP contribution in [-0.4, -0.2) is 41.2 Å². The number of aryl methyl sites for hydroxylation is 2. The van der Waals surface area contributed by atoms with E-state index in [1.54, 1.807) is 24.3 Å². The van der Waals surface area contributed by atoms with Crippen LogP contribution in [0, 0.1) is 13.8 Å². The zero-order chi connectivity index (χ0) is 24.7. The number of methoxy groups -OCH3 is 1. The zero-order valence-electron chi connectivity index (χ0n) is 19.5. The first-order chi connectivity index (χ1) is 16.9. The number of fused-ring (bicyclic) bond motifs is 2. The summed E-state index contributed by atoms with van der Waals surface area (Å²) in [6.45, 7) is 3.83. The molecule has 3 heterocycles. The third-order valence-electron chi connectivity index (χ3n) is 6.22. The predicted octanol–water partition coefficient (Wildman–Crippen LogP) is 3.71. The van der Waals surface area contributed by atoms with Crippen molar-refractivity contribution in [3.05, 3.63) is 75.7 Å². The molecule has 178 valence electrons. The summed E-state index contributed by atoms with van der Waals surface area (Å²) in [5, 5.41) is 2.41. The number of ether oxygens (including phenoxy) is 2. The Balaban J connectivity index is 1.50. The van der Waals surface area contributed by atoms with Crippen molar-refractivity contribution in [2.24, 2.45) is 0 Å². The standard InChI is InChI=1S/C26H23N3O5S/c1-15-8-9-17(10-16(15)2)18-13-35-24-23(18)25(31)28(14-27-24)12-22(30)29-11-21(26(32)33-3)34-20-7-5-4-6-19(20)29/h4-10,13-14,21H,11-12H2,1-3H3/t21-/m1/s1. The third-order valence-corrected chi connectivity index (χ3v) is 7.11. The number of hydrogen-bond acceptors (Lipinski definition) is 7. The van der Waals surface area contributed by atoms with E-state index in [2.05, 4.69) is 11.1 Å². The van der Waals surface area contributed by atoms with Gasteiger partial charge in [0, 0.05) is 10.9 Å². The number of esters is 1. The van der Waals surface area contributed by atoms with E-state index in [1.807, 2.05) is 31.4 Å². The van der Waals surface area contributed by atoms with Crippen LogP contribution in [0.15, 0.2) is 59.0 Å². The van der Waals surface area contributed by atoms with Crippen molar-refractivity contribution in [3.63, 3.8) is 0 Å². The van der Waals surface area contributed by atoms with Crippen LogP contribution < -0.4 is 15.2 Å². The Morgan fingerprint density at radius 1 is 1.17 bits per heavy atom. The molecule has 2 aromatic carbocycles. The highest BCUT2D eigenvalue weighted by Gasteiger charge is 2.34. The number of nitrogens with zero attached hydrogens (tertiary/aromatic N) is 3. The van der Waals surface area contributed by atoms with Gasteiger partial charge in [-0.05, 0) is 42.7 Å². The van der Waals surface area contributed by atoms with Gasteiger partial charge in [0.15, 0.2) is 0 Å². The lowest BCUT2D eigenvalue weighted by molar-refractivity contribution is -0.148. The van der Waals surface area contributed by atoms with Crippen LogP contribution in [0.2, 0.25) is 0 Å². The van der Waals surface area contributed by atoms with Gasteiger partial charge in [-0.25, -0.2) is 9.78 Å². The Bertz CT molecular complexity index is 1520. The van der Waals surface area contributed by atoms with Crippen LogP contribution in [0.4, 0.5) is 5.69 Å². The Kier molecular flexibility index (Phi) is 5.86. The fraction of sp³-hybridized carbons (Fsp3) is 0.231. The van der Waals surface area contributed by atoms with E-state index >= 15 is 0 Å². The fourth-order valence-corrected chi connectivity index (χ4v) is 5.06. The molecule has 0 N–H and O–H groups in total. The maximum atomic E-state index is 13.5. The molecule has 0 saturated carbocycles. The van der Waals surface area contributed by atoms with Crippen LogP contribution >= 0.6 is 11.3 Å². The van der Waals surface area contributed by atoms with Gasteiger partial charge in [-0.2, -0.15) is 0 Å². The highest BCUT2D eigenvalue weighted by atomic mass is 32.1. The van der Waals surface area contributed by atoms with E-state index in [0.717, 1.165) is 16.7 Å². The Hall–Kier alpha value is -3.98. The molecule has 0 fully saturated rings. The summed E-state index contributed by atoms with van der Waals surface area (Å²) in [6, 6.07) is 13.0. The number of hydrogen-bond donors (Lipinski definition) is 0. The van der Waals surface area contributed by atoms with Gasteiger partial charge in [0.05, 0.1) is 31.1 Å². The highest BCUT2D eigenvalue weighted by Crippen LogP contribution is 2.34. The summed E-state index contributed by atoms with van der Waals surface area (Å²) in [7, 11) is 1.27. The van der Waals surface area contributed by atoms with Crippen molar-refractivity contribution in [3.8, 4) is 16.9 Å². The molecule has 1 aliphatic rings. The molecule has 0 spiro atoms. The van der Waals surface area contributed by atoms with Crippen molar-refractivity contribution < 1.29 is 19.1 Å². The van der Waals surface area contributed by atoms with Gasteiger partial charge in [-0.1, -0.05) is 30.3 Å². The quantitative estimate of drug-likeness (QED) is 0.406. The van der Waals surface area contributed by atoms with E-state index in [-0.39, 0.29) is 24.6 Å². The van der Waals surface area contributed by atoms with E-state index < -0.39 is 12.1 Å². The third kappa shape index (κ3) is 4.08. The van der Waals surface area contributed by atoms with Gasteiger partial charge in [0.1, 0.15) is 17.1 Å². The zero-order valence-corrected chi connectivity index (χ0v) is 20.3. The molecule has 2 aromatic heterocycles. The molecule has 4 aromatic rings. The normalized spacial score (nSPS) is 14.9. The Morgan fingerprint density at radius 3 is 2.74 bits per heavy atom. The molecule has 35 heavy (non-hydrogen) atoms. The van der Waals surface area contributed by atoms with Crippen LogP contribution in [0.1, 0.15) is 11.1 Å². The summed E-state index contributed by atoms with van der Waals surface area (Å²) in [4.78, 5) is 45.5. The van der Waals surface area contributed by atoms with E-state index in [9.17, 15) is 14.4 Å². The molecule has 1 amide bonds. The van der Waals surface area contributed by atoms with E-state index in [0.29, 0.717) is 21.7 Å². The summed E-state index contributed by atoms with van der Waals surface area (Å²) in [6.07, 6.45) is 0.442. The maximum Gasteiger partial charge on any atom is 0.348 e. The van der Waals surface area contributed by atoms with E-state index in [4.69, 9.17) is 9.47 Å². The number of anilines is 1. The van der Waals surface area contributed by atoms with Crippen molar-refractivity contribution in [2.45, 2.75) is 26.5 Å². The molecule has 0 unspecified atom stereocenters. The van der Waals surface area contributed by atoms with Crippen molar-refractivity contribution >= 4 is 39.1 Å². The molecule has 9 heteroatoms. The van der Waals surface area contributed by atoms with Crippen LogP contribution in [0.25, 0.3) is 21.3 Å². The second-order valence-electron chi connectivity index (χ2n) is 8.41. The number of para-hydroxylation sites is 2. The molecule has 0 saturated heterocycles. The second kappa shape index (κ2) is 8.99. The minimum atomic E-state index is -0.954. The predicted molar refractivity (Wildman–Crippen MR) is 134 cm³/mol. The second-order valence-corrected chi connectivity index (χ2v) is 9.27. The molecule has 1 aliphatic heterocycles. The first kappa shape index (κ1) is 22.8. The summed E-state index contributed by atoms with van der Waals surface area (Å²) < 4.78 is 11.8. The molecule has 8 nitrogen and oxygen atoms in total. The fourth-order valence-electron chi connectivity index (χ4n) is 4.16. The molecular weight excluding hydrogens is 466 g/mol. The maximum absolute atomic E-state index is 13.5. The van der Waals surface area contributed by atoms with Gasteiger partial charge >= 0.3 is 5.97 Å². The number of rotatable bonds is 4. The lowest BCUT2D eigenvalue weighted by Crippen LogP contribution is -2.49.